The number of rotatable bonds is 4. The van der Waals surface area contributed by atoms with E-state index < -0.39 is 0 Å². The Morgan fingerprint density at radius 3 is 3.00 bits per heavy atom. The van der Waals surface area contributed by atoms with Crippen molar-refractivity contribution in [1.29, 1.82) is 0 Å². The highest BCUT2D eigenvalue weighted by Gasteiger charge is 2.30. The fourth-order valence-electron chi connectivity index (χ4n) is 3.43. The number of fused-ring (bicyclic) bond motifs is 1. The van der Waals surface area contributed by atoms with Crippen LogP contribution in [0.25, 0.3) is 16.1 Å². The Hall–Kier alpha value is -1.96. The van der Waals surface area contributed by atoms with E-state index >= 15 is 0 Å². The van der Waals surface area contributed by atoms with Gasteiger partial charge in [0.15, 0.2) is 0 Å². The molecular formula is C18H22ClN5OS. The van der Waals surface area contributed by atoms with Crippen LogP contribution in [-0.4, -0.2) is 50.6 Å². The largest absolute Gasteiger partial charge is 0.331 e. The topological polar surface area (TPSA) is 62.5 Å². The molecule has 0 aliphatic carbocycles. The smallest absolute Gasteiger partial charge is 0.273 e. The van der Waals surface area contributed by atoms with Gasteiger partial charge in [0.05, 0.1) is 17.3 Å². The first kappa shape index (κ1) is 18.8. The molecule has 0 aromatic carbocycles. The molecule has 26 heavy (non-hydrogen) atoms. The Morgan fingerprint density at radius 1 is 1.42 bits per heavy atom. The molecule has 0 radical (unpaired) electrons. The van der Waals surface area contributed by atoms with E-state index in [9.17, 15) is 4.79 Å². The van der Waals surface area contributed by atoms with E-state index in [4.69, 9.17) is 0 Å². The third kappa shape index (κ3) is 3.34. The van der Waals surface area contributed by atoms with Gasteiger partial charge in [0.1, 0.15) is 10.7 Å². The molecular weight excluding hydrogens is 370 g/mol. The summed E-state index contributed by atoms with van der Waals surface area (Å²) in [4.78, 5) is 19.6. The Morgan fingerprint density at radius 2 is 2.27 bits per heavy atom. The van der Waals surface area contributed by atoms with E-state index in [0.29, 0.717) is 5.69 Å². The van der Waals surface area contributed by atoms with Gasteiger partial charge in [0.2, 0.25) is 0 Å². The zero-order valence-corrected chi connectivity index (χ0v) is 16.4. The molecule has 4 rings (SSSR count). The summed E-state index contributed by atoms with van der Waals surface area (Å²) < 4.78 is 1.82. The van der Waals surface area contributed by atoms with Crippen molar-refractivity contribution in [2.24, 2.45) is 0 Å². The minimum atomic E-state index is 0. The molecule has 4 heterocycles. The van der Waals surface area contributed by atoms with Gasteiger partial charge in [-0.15, -0.1) is 23.7 Å². The van der Waals surface area contributed by atoms with Crippen molar-refractivity contribution in [1.82, 2.24) is 24.8 Å². The van der Waals surface area contributed by atoms with Crippen LogP contribution in [0.15, 0.2) is 36.0 Å². The van der Waals surface area contributed by atoms with Gasteiger partial charge >= 0.3 is 0 Å². The number of hydrogen-bond donors (Lipinski definition) is 1. The standard InChI is InChI=1S/C18H21N5OS.ClH/c1-12(2)23(13-6-7-19-9-13)18(24)15-11-25-17(21-15)14-10-20-22-8-4-3-5-16(14)22;/h3-5,8,10-13,19H,6-7,9H2,1-2H3;1H/t13-;/m1./s1. The molecule has 1 aliphatic rings. The lowest BCUT2D eigenvalue weighted by Gasteiger charge is -2.31. The van der Waals surface area contributed by atoms with Gasteiger partial charge in [0.25, 0.3) is 5.91 Å². The Kier molecular flexibility index (Phi) is 5.60. The Bertz CT molecular complexity index is 900. The molecule has 0 unspecified atom stereocenters. The van der Waals surface area contributed by atoms with Gasteiger partial charge in [-0.3, -0.25) is 4.79 Å². The van der Waals surface area contributed by atoms with Crippen LogP contribution >= 0.6 is 23.7 Å². The minimum Gasteiger partial charge on any atom is -0.331 e. The second-order valence-corrected chi connectivity index (χ2v) is 7.44. The van der Waals surface area contributed by atoms with E-state index in [1.807, 2.05) is 45.4 Å². The molecule has 8 heteroatoms. The van der Waals surface area contributed by atoms with Crippen molar-refractivity contribution in [3.63, 3.8) is 0 Å². The lowest BCUT2D eigenvalue weighted by molar-refractivity contribution is 0.0621. The first-order valence-electron chi connectivity index (χ1n) is 8.57. The monoisotopic (exact) mass is 391 g/mol. The highest BCUT2D eigenvalue weighted by Crippen LogP contribution is 2.28. The van der Waals surface area contributed by atoms with Crippen molar-refractivity contribution >= 4 is 35.2 Å². The van der Waals surface area contributed by atoms with Crippen molar-refractivity contribution < 1.29 is 4.79 Å². The van der Waals surface area contributed by atoms with Crippen LogP contribution in [-0.2, 0) is 0 Å². The summed E-state index contributed by atoms with van der Waals surface area (Å²) in [6, 6.07) is 6.33. The van der Waals surface area contributed by atoms with E-state index in [0.717, 1.165) is 35.6 Å². The molecule has 3 aromatic heterocycles. The summed E-state index contributed by atoms with van der Waals surface area (Å²) >= 11 is 1.49. The number of hydrogen-bond acceptors (Lipinski definition) is 5. The molecule has 0 spiro atoms. The van der Waals surface area contributed by atoms with Crippen LogP contribution < -0.4 is 5.32 Å². The summed E-state index contributed by atoms with van der Waals surface area (Å²) in [5.41, 5.74) is 2.48. The molecule has 1 amide bonds. The number of halogens is 1. The molecule has 0 bridgehead atoms. The second kappa shape index (κ2) is 7.73. The fourth-order valence-corrected chi connectivity index (χ4v) is 4.24. The van der Waals surface area contributed by atoms with E-state index in [-0.39, 0.29) is 30.4 Å². The SMILES string of the molecule is CC(C)N(C(=O)c1csc(-c2cnn3ccccc23)n1)[C@@H]1CCNC1.Cl. The number of amides is 1. The number of nitrogens with one attached hydrogen (secondary N) is 1. The first-order chi connectivity index (χ1) is 12.1. The van der Waals surface area contributed by atoms with Crippen molar-refractivity contribution in [2.75, 3.05) is 13.1 Å². The van der Waals surface area contributed by atoms with Crippen LogP contribution in [0.2, 0.25) is 0 Å². The predicted molar refractivity (Wildman–Crippen MR) is 106 cm³/mol. The first-order valence-corrected chi connectivity index (χ1v) is 9.45. The third-order valence-corrected chi connectivity index (χ3v) is 5.47. The maximum Gasteiger partial charge on any atom is 0.273 e. The van der Waals surface area contributed by atoms with Gasteiger partial charge in [0, 0.05) is 30.2 Å². The Balaban J connectivity index is 0.00000196. The number of carbonyl (C=O) groups excluding carboxylic acids is 1. The molecule has 3 aromatic rings. The predicted octanol–water partition coefficient (Wildman–Crippen LogP) is 3.09. The average Bonchev–Trinajstić information content (AvgIpc) is 3.34. The number of pyridine rings is 1. The molecule has 1 aliphatic heterocycles. The van der Waals surface area contributed by atoms with E-state index in [1.54, 1.807) is 0 Å². The van der Waals surface area contributed by atoms with Crippen molar-refractivity contribution in [2.45, 2.75) is 32.4 Å². The van der Waals surface area contributed by atoms with Gasteiger partial charge in [-0.25, -0.2) is 9.50 Å². The van der Waals surface area contributed by atoms with Crippen LogP contribution in [0.5, 0.6) is 0 Å². The Labute approximate surface area is 162 Å². The van der Waals surface area contributed by atoms with E-state index in [1.165, 1.54) is 11.3 Å². The summed E-state index contributed by atoms with van der Waals surface area (Å²) in [7, 11) is 0. The summed E-state index contributed by atoms with van der Waals surface area (Å²) in [6.07, 6.45) is 4.71. The molecule has 1 saturated heterocycles. The van der Waals surface area contributed by atoms with Crippen LogP contribution in [0, 0.1) is 0 Å². The summed E-state index contributed by atoms with van der Waals surface area (Å²) in [5.74, 6) is 0.0164. The highest BCUT2D eigenvalue weighted by atomic mass is 35.5. The number of aromatic nitrogens is 3. The molecule has 1 atom stereocenters. The zero-order valence-electron chi connectivity index (χ0n) is 14.8. The normalized spacial score (nSPS) is 16.8. The van der Waals surface area contributed by atoms with Crippen LogP contribution in [0.3, 0.4) is 0 Å². The van der Waals surface area contributed by atoms with E-state index in [2.05, 4.69) is 29.2 Å². The molecule has 6 nitrogen and oxygen atoms in total. The average molecular weight is 392 g/mol. The molecule has 0 saturated carbocycles. The second-order valence-electron chi connectivity index (χ2n) is 6.58. The third-order valence-electron chi connectivity index (χ3n) is 4.60. The van der Waals surface area contributed by atoms with Gasteiger partial charge in [-0.2, -0.15) is 5.10 Å². The van der Waals surface area contributed by atoms with Crippen LogP contribution in [0.4, 0.5) is 0 Å². The maximum atomic E-state index is 13.0. The van der Waals surface area contributed by atoms with Crippen molar-refractivity contribution in [3.05, 3.63) is 41.7 Å². The number of nitrogens with zero attached hydrogens (tertiary/aromatic N) is 4. The van der Waals surface area contributed by atoms with Gasteiger partial charge in [-0.05, 0) is 38.9 Å². The minimum absolute atomic E-state index is 0. The van der Waals surface area contributed by atoms with Crippen molar-refractivity contribution in [3.8, 4) is 10.6 Å². The zero-order chi connectivity index (χ0) is 17.4. The highest BCUT2D eigenvalue weighted by molar-refractivity contribution is 7.13. The summed E-state index contributed by atoms with van der Waals surface area (Å²) in [6.45, 7) is 5.95. The number of carbonyl (C=O) groups is 1. The maximum absolute atomic E-state index is 13.0. The molecule has 138 valence electrons. The molecule has 1 fully saturated rings. The fraction of sp³-hybridized carbons (Fsp3) is 0.389. The lowest BCUT2D eigenvalue weighted by Crippen LogP contribution is -2.46. The number of thiazole rings is 1. The summed E-state index contributed by atoms with van der Waals surface area (Å²) in [5, 5.41) is 10.4. The molecule has 1 N–H and O–H groups in total. The van der Waals surface area contributed by atoms with Crippen LogP contribution in [0.1, 0.15) is 30.8 Å². The lowest BCUT2D eigenvalue weighted by atomic mass is 10.1. The van der Waals surface area contributed by atoms with Gasteiger partial charge < -0.3 is 10.2 Å². The quantitative estimate of drug-likeness (QED) is 0.742. The van der Waals surface area contributed by atoms with Gasteiger partial charge in [-0.1, -0.05) is 6.07 Å².